The lowest BCUT2D eigenvalue weighted by molar-refractivity contribution is -0.386. The predicted molar refractivity (Wildman–Crippen MR) is 108 cm³/mol. The minimum absolute atomic E-state index is 0.172. The molecule has 0 aromatic heterocycles. The van der Waals surface area contributed by atoms with E-state index < -0.39 is 70.3 Å². The minimum atomic E-state index is -6.01. The smallest absolute Gasteiger partial charge is 0.456 e. The molecule has 1 amide bonds. The molecule has 0 saturated heterocycles. The molecule has 1 N–H and O–H groups in total. The van der Waals surface area contributed by atoms with Crippen LogP contribution in [0.4, 0.5) is 40.8 Å². The van der Waals surface area contributed by atoms with Gasteiger partial charge in [-0.15, -0.1) is 0 Å². The Hall–Kier alpha value is -3.98. The molecule has 1 atom stereocenters. The second-order valence-corrected chi connectivity index (χ2v) is 7.38. The van der Waals surface area contributed by atoms with E-state index in [-0.39, 0.29) is 12.0 Å². The highest BCUT2D eigenvalue weighted by Crippen LogP contribution is 2.37. The molecule has 2 aromatic carbocycles. The molecule has 2 aromatic rings. The zero-order chi connectivity index (χ0) is 28.2. The Bertz CT molecular complexity index is 1150. The number of halogens is 8. The van der Waals surface area contributed by atoms with Crippen LogP contribution in [0, 0.1) is 10.1 Å². The van der Waals surface area contributed by atoms with Gasteiger partial charge in [-0.25, -0.2) is 4.79 Å². The Labute approximate surface area is 202 Å². The molecule has 0 spiro atoms. The van der Waals surface area contributed by atoms with E-state index in [1.54, 1.807) is 0 Å². The van der Waals surface area contributed by atoms with Gasteiger partial charge in [-0.3, -0.25) is 14.9 Å². The first-order valence-corrected chi connectivity index (χ1v) is 9.87. The molecule has 0 aliphatic rings. The molecule has 16 heteroatoms. The highest BCUT2D eigenvalue weighted by molar-refractivity contribution is 5.97. The van der Waals surface area contributed by atoms with Crippen LogP contribution < -0.4 is 10.1 Å². The van der Waals surface area contributed by atoms with Gasteiger partial charge >= 0.3 is 29.9 Å². The first kappa shape index (κ1) is 29.3. The van der Waals surface area contributed by atoms with Crippen molar-refractivity contribution in [2.24, 2.45) is 0 Å². The average Bonchev–Trinajstić information content (AvgIpc) is 2.80. The maximum absolute atomic E-state index is 13.2. The number of nitro groups is 1. The van der Waals surface area contributed by atoms with Gasteiger partial charge in [0.15, 0.2) is 12.4 Å². The highest BCUT2D eigenvalue weighted by atomic mass is 19.4. The van der Waals surface area contributed by atoms with Crippen molar-refractivity contribution in [3.05, 3.63) is 69.3 Å². The van der Waals surface area contributed by atoms with E-state index in [4.69, 9.17) is 0 Å². The molecule has 8 nitrogen and oxygen atoms in total. The number of benzene rings is 2. The molecule has 37 heavy (non-hydrogen) atoms. The van der Waals surface area contributed by atoms with E-state index in [0.29, 0.717) is 12.1 Å². The molecule has 0 unspecified atom stereocenters. The summed E-state index contributed by atoms with van der Waals surface area (Å²) in [6.07, 6.45) is -11.0. The van der Waals surface area contributed by atoms with Gasteiger partial charge in [0.25, 0.3) is 5.91 Å². The Balaban J connectivity index is 2.27. The highest BCUT2D eigenvalue weighted by Gasteiger charge is 2.58. The Morgan fingerprint density at radius 2 is 1.59 bits per heavy atom. The number of carbonyl (C=O) groups excluding carboxylic acids is 2. The van der Waals surface area contributed by atoms with Gasteiger partial charge in [-0.1, -0.05) is 12.1 Å². The van der Waals surface area contributed by atoms with Gasteiger partial charge in [-0.2, -0.15) is 35.1 Å². The largest absolute Gasteiger partial charge is 0.480 e. The fourth-order valence-corrected chi connectivity index (χ4v) is 2.81. The number of carbonyl (C=O) groups is 2. The van der Waals surface area contributed by atoms with Crippen LogP contribution in [-0.4, -0.2) is 48.7 Å². The zero-order valence-electron chi connectivity index (χ0n) is 18.5. The number of hydrogen-bond acceptors (Lipinski definition) is 6. The topological polar surface area (TPSA) is 108 Å². The van der Waals surface area contributed by atoms with Crippen LogP contribution in [0.5, 0.6) is 5.75 Å². The van der Waals surface area contributed by atoms with Gasteiger partial charge in [0.05, 0.1) is 17.6 Å². The number of methoxy groups -OCH3 is 1. The molecule has 0 aliphatic carbocycles. The fourth-order valence-electron chi connectivity index (χ4n) is 2.81. The van der Waals surface area contributed by atoms with Gasteiger partial charge < -0.3 is 14.8 Å². The van der Waals surface area contributed by atoms with Crippen LogP contribution in [0.2, 0.25) is 0 Å². The quantitative estimate of drug-likeness (QED) is 0.212. The van der Waals surface area contributed by atoms with Crippen LogP contribution in [0.1, 0.15) is 21.5 Å². The maximum atomic E-state index is 13.2. The van der Waals surface area contributed by atoms with Crippen molar-refractivity contribution in [3.63, 3.8) is 0 Å². The average molecular weight is 544 g/mol. The summed E-state index contributed by atoms with van der Waals surface area (Å²) in [5.74, 6) is -8.63. The van der Waals surface area contributed by atoms with E-state index in [1.807, 2.05) is 0 Å². The lowest BCUT2D eigenvalue weighted by Gasteiger charge is -2.20. The zero-order valence-corrected chi connectivity index (χ0v) is 18.5. The van der Waals surface area contributed by atoms with E-state index in [1.165, 1.54) is 0 Å². The molecule has 0 bridgehead atoms. The van der Waals surface area contributed by atoms with Crippen molar-refractivity contribution in [2.75, 3.05) is 13.7 Å². The predicted octanol–water partition coefficient (Wildman–Crippen LogP) is 4.70. The van der Waals surface area contributed by atoms with E-state index >= 15 is 0 Å². The van der Waals surface area contributed by atoms with E-state index in [2.05, 4.69) is 14.8 Å². The van der Waals surface area contributed by atoms with Crippen molar-refractivity contribution in [1.29, 1.82) is 0 Å². The number of nitro benzene ring substituents is 1. The number of esters is 1. The normalized spacial score (nSPS) is 13.0. The Kier molecular flexibility index (Phi) is 8.67. The number of rotatable bonds is 9. The number of nitrogens with one attached hydrogen (secondary N) is 1. The number of nitrogens with zero attached hydrogens (tertiary/aromatic N) is 1. The van der Waals surface area contributed by atoms with Crippen molar-refractivity contribution in [2.45, 2.75) is 30.7 Å². The summed E-state index contributed by atoms with van der Waals surface area (Å²) in [5.41, 5.74) is -2.35. The Morgan fingerprint density at radius 1 is 1.00 bits per heavy atom. The van der Waals surface area contributed by atoms with Crippen LogP contribution in [0.25, 0.3) is 0 Å². The second kappa shape index (κ2) is 11.0. The molecular weight excluding hydrogens is 528 g/mol. The second-order valence-electron chi connectivity index (χ2n) is 7.38. The number of alkyl halides is 8. The van der Waals surface area contributed by atoms with Crippen molar-refractivity contribution in [1.82, 2.24) is 5.32 Å². The molecule has 0 radical (unpaired) electrons. The third-order valence-electron chi connectivity index (χ3n) is 4.75. The molecule has 0 saturated carbocycles. The number of hydrogen-bond donors (Lipinski definition) is 1. The summed E-state index contributed by atoms with van der Waals surface area (Å²) in [6.45, 7) is -2.32. The molecule has 0 aliphatic heterocycles. The lowest BCUT2D eigenvalue weighted by Crippen LogP contribution is -2.43. The van der Waals surface area contributed by atoms with Gasteiger partial charge in [0.1, 0.15) is 6.04 Å². The Morgan fingerprint density at radius 3 is 2.08 bits per heavy atom. The summed E-state index contributed by atoms with van der Waals surface area (Å²) < 4.78 is 111. The van der Waals surface area contributed by atoms with Crippen LogP contribution >= 0.6 is 0 Å². The van der Waals surface area contributed by atoms with Gasteiger partial charge in [0, 0.05) is 24.1 Å². The SMILES string of the molecule is COC(=O)[C@H](Cc1ccc(C(F)(F)F)cc1)NC(=O)c1ccc([N+](=O)[O-])c(OCC(F)(F)C(F)(F)F)c1. The summed E-state index contributed by atoms with van der Waals surface area (Å²) in [5, 5.41) is 13.3. The fraction of sp³-hybridized carbons (Fsp3) is 0.333. The number of amides is 1. The van der Waals surface area contributed by atoms with Gasteiger partial charge in [-0.05, 0) is 23.8 Å². The van der Waals surface area contributed by atoms with Crippen molar-refractivity contribution >= 4 is 17.6 Å². The molecule has 202 valence electrons. The summed E-state index contributed by atoms with van der Waals surface area (Å²) in [4.78, 5) is 34.7. The molecular formula is C21H16F8N2O6. The lowest BCUT2D eigenvalue weighted by atomic mass is 10.0. The molecule has 2 rings (SSSR count). The monoisotopic (exact) mass is 544 g/mol. The first-order chi connectivity index (χ1) is 17.0. The van der Waals surface area contributed by atoms with Crippen molar-refractivity contribution < 1.29 is 59.1 Å². The van der Waals surface area contributed by atoms with E-state index in [0.717, 1.165) is 37.4 Å². The standard InChI is InChI=1S/C21H16F8N2O6/c1-36-18(33)14(8-11-2-5-13(6-3-11)20(24,25)26)30-17(32)12-4-7-15(31(34)35)16(9-12)37-10-19(22,23)21(27,28)29/h2-7,9,14H,8,10H2,1H3,(H,30,32)/t14-/m0/s1. The van der Waals surface area contributed by atoms with Gasteiger partial charge in [0.2, 0.25) is 0 Å². The molecule has 0 heterocycles. The van der Waals surface area contributed by atoms with Crippen LogP contribution in [0.15, 0.2) is 42.5 Å². The van der Waals surface area contributed by atoms with Crippen molar-refractivity contribution in [3.8, 4) is 5.75 Å². The third kappa shape index (κ3) is 7.50. The minimum Gasteiger partial charge on any atom is -0.480 e. The van der Waals surface area contributed by atoms with E-state index in [9.17, 15) is 54.8 Å². The maximum Gasteiger partial charge on any atom is 0.456 e. The third-order valence-corrected chi connectivity index (χ3v) is 4.75. The molecule has 0 fully saturated rings. The summed E-state index contributed by atoms with van der Waals surface area (Å²) in [6, 6.07) is 4.03. The summed E-state index contributed by atoms with van der Waals surface area (Å²) in [7, 11) is 0.951. The number of ether oxygens (including phenoxy) is 2. The first-order valence-electron chi connectivity index (χ1n) is 9.87. The van der Waals surface area contributed by atoms with Crippen LogP contribution in [-0.2, 0) is 22.1 Å². The summed E-state index contributed by atoms with van der Waals surface area (Å²) >= 11 is 0. The van der Waals surface area contributed by atoms with Crippen LogP contribution in [0.3, 0.4) is 0 Å².